The molecule has 1 aliphatic rings. The SMILES string of the molecule is CC[S+]([O-])C1(C(O)(Cn2cncn2)c2ccc(Cl)cc2)CC1. The molecule has 0 saturated heterocycles. The van der Waals surface area contributed by atoms with Gasteiger partial charge >= 0.3 is 0 Å². The van der Waals surface area contributed by atoms with E-state index in [9.17, 15) is 9.66 Å². The molecule has 0 radical (unpaired) electrons. The van der Waals surface area contributed by atoms with Crippen LogP contribution >= 0.6 is 11.6 Å². The summed E-state index contributed by atoms with van der Waals surface area (Å²) in [6, 6.07) is 7.08. The van der Waals surface area contributed by atoms with Gasteiger partial charge in [0.05, 0.1) is 6.54 Å². The first-order valence-corrected chi connectivity index (χ1v) is 8.91. The molecule has 1 aromatic carbocycles. The van der Waals surface area contributed by atoms with Gasteiger partial charge in [-0.1, -0.05) is 23.7 Å². The first-order chi connectivity index (χ1) is 10.5. The van der Waals surface area contributed by atoms with Crippen LogP contribution in [0.2, 0.25) is 5.02 Å². The second-order valence-electron chi connectivity index (χ2n) is 5.59. The lowest BCUT2D eigenvalue weighted by Gasteiger charge is -2.37. The topological polar surface area (TPSA) is 74.0 Å². The second kappa shape index (κ2) is 5.85. The van der Waals surface area contributed by atoms with E-state index in [1.807, 2.05) is 6.92 Å². The Labute approximate surface area is 137 Å². The molecule has 1 aliphatic carbocycles. The van der Waals surface area contributed by atoms with Gasteiger partial charge in [0.2, 0.25) is 0 Å². The van der Waals surface area contributed by atoms with Crippen molar-refractivity contribution in [3.8, 4) is 0 Å². The van der Waals surface area contributed by atoms with Crippen LogP contribution in [0.1, 0.15) is 25.3 Å². The molecule has 0 aliphatic heterocycles. The minimum absolute atomic E-state index is 0.223. The smallest absolute Gasteiger partial charge is 0.160 e. The van der Waals surface area contributed by atoms with Gasteiger partial charge in [-0.2, -0.15) is 5.10 Å². The predicted octanol–water partition coefficient (Wildman–Crippen LogP) is 2.12. The van der Waals surface area contributed by atoms with Crippen LogP contribution < -0.4 is 0 Å². The molecular weight excluding hydrogens is 322 g/mol. The van der Waals surface area contributed by atoms with E-state index >= 15 is 0 Å². The summed E-state index contributed by atoms with van der Waals surface area (Å²) in [7, 11) is 0. The standard InChI is InChI=1S/C15H18ClN3O2S/c1-2-22(21)14(7-8-14)15(20,9-19-11-17-10-18-19)12-3-5-13(16)6-4-12/h3-6,10-11,20H,2,7-9H2,1H3. The Bertz CT molecular complexity index is 631. The van der Waals surface area contributed by atoms with Gasteiger partial charge in [-0.3, -0.25) is 0 Å². The molecule has 1 aromatic heterocycles. The lowest BCUT2D eigenvalue weighted by molar-refractivity contribution is 0.00217. The van der Waals surface area contributed by atoms with Gasteiger partial charge < -0.3 is 9.66 Å². The molecule has 3 rings (SSSR count). The minimum atomic E-state index is -1.26. The Morgan fingerprint density at radius 2 is 2.09 bits per heavy atom. The third-order valence-electron chi connectivity index (χ3n) is 4.34. The largest absolute Gasteiger partial charge is 0.616 e. The van der Waals surface area contributed by atoms with Gasteiger partial charge in [-0.05, 0) is 35.8 Å². The maximum Gasteiger partial charge on any atom is 0.160 e. The Morgan fingerprint density at radius 3 is 2.59 bits per heavy atom. The van der Waals surface area contributed by atoms with Gasteiger partial charge in [0.1, 0.15) is 18.4 Å². The summed E-state index contributed by atoms with van der Waals surface area (Å²) < 4.78 is 13.6. The molecule has 7 heteroatoms. The lowest BCUT2D eigenvalue weighted by atomic mass is 9.88. The Morgan fingerprint density at radius 1 is 1.41 bits per heavy atom. The van der Waals surface area contributed by atoms with Crippen LogP contribution in [0.25, 0.3) is 0 Å². The summed E-state index contributed by atoms with van der Waals surface area (Å²) in [5.74, 6) is 0.521. The molecule has 2 unspecified atom stereocenters. The average molecular weight is 340 g/mol. The summed E-state index contributed by atoms with van der Waals surface area (Å²) in [6.45, 7) is 2.11. The predicted molar refractivity (Wildman–Crippen MR) is 86.0 cm³/mol. The van der Waals surface area contributed by atoms with Crippen molar-refractivity contribution in [2.75, 3.05) is 5.75 Å². The summed E-state index contributed by atoms with van der Waals surface area (Å²) in [5, 5.41) is 16.2. The number of rotatable bonds is 6. The van der Waals surface area contributed by atoms with Gasteiger partial charge in [0.25, 0.3) is 0 Å². The molecular formula is C15H18ClN3O2S. The summed E-state index contributed by atoms with van der Waals surface area (Å²) in [4.78, 5) is 3.93. The number of halogens is 1. The number of benzene rings is 1. The summed E-state index contributed by atoms with van der Waals surface area (Å²) in [5.41, 5.74) is -0.543. The zero-order valence-electron chi connectivity index (χ0n) is 12.3. The van der Waals surface area contributed by atoms with Crippen LogP contribution in [0, 0.1) is 0 Å². The van der Waals surface area contributed by atoms with Crippen molar-refractivity contribution in [2.24, 2.45) is 0 Å². The van der Waals surface area contributed by atoms with Crippen LogP contribution in [-0.4, -0.2) is 34.9 Å². The third-order valence-corrected chi connectivity index (χ3v) is 6.73. The molecule has 1 heterocycles. The first-order valence-electron chi connectivity index (χ1n) is 7.21. The van der Waals surface area contributed by atoms with E-state index in [4.69, 9.17) is 11.6 Å². The van der Waals surface area contributed by atoms with Gasteiger partial charge in [-0.25, -0.2) is 9.67 Å². The Kier molecular flexibility index (Phi) is 4.20. The van der Waals surface area contributed by atoms with Crippen LogP contribution in [0.4, 0.5) is 0 Å². The highest BCUT2D eigenvalue weighted by molar-refractivity contribution is 7.93. The van der Waals surface area contributed by atoms with E-state index < -0.39 is 21.5 Å². The first kappa shape index (κ1) is 15.8. The number of aliphatic hydroxyl groups is 1. The van der Waals surface area contributed by atoms with E-state index in [1.165, 1.54) is 6.33 Å². The number of hydrogen-bond donors (Lipinski definition) is 1. The van der Waals surface area contributed by atoms with Crippen molar-refractivity contribution >= 4 is 22.8 Å². The molecule has 0 amide bonds. The highest BCUT2D eigenvalue weighted by atomic mass is 35.5. The van der Waals surface area contributed by atoms with E-state index in [2.05, 4.69) is 10.1 Å². The van der Waals surface area contributed by atoms with Gasteiger partial charge in [-0.15, -0.1) is 0 Å². The molecule has 1 fully saturated rings. The molecule has 2 atom stereocenters. The fourth-order valence-corrected chi connectivity index (χ4v) is 4.79. The zero-order chi connectivity index (χ0) is 15.8. The fourth-order valence-electron chi connectivity index (χ4n) is 2.99. The van der Waals surface area contributed by atoms with E-state index in [-0.39, 0.29) is 6.54 Å². The van der Waals surface area contributed by atoms with Crippen molar-refractivity contribution in [3.05, 3.63) is 47.5 Å². The summed E-state index contributed by atoms with van der Waals surface area (Å²) >= 11 is 4.85. The van der Waals surface area contributed by atoms with E-state index in [1.54, 1.807) is 35.3 Å². The molecule has 0 bridgehead atoms. The molecule has 5 nitrogen and oxygen atoms in total. The van der Waals surface area contributed by atoms with Crippen molar-refractivity contribution in [1.82, 2.24) is 14.8 Å². The molecule has 0 spiro atoms. The minimum Gasteiger partial charge on any atom is -0.616 e. The molecule has 2 aromatic rings. The van der Waals surface area contributed by atoms with Crippen molar-refractivity contribution in [2.45, 2.75) is 36.7 Å². The molecule has 1 N–H and O–H groups in total. The maximum absolute atomic E-state index is 12.6. The van der Waals surface area contributed by atoms with Crippen molar-refractivity contribution in [3.63, 3.8) is 0 Å². The normalized spacial score (nSPS) is 20.4. The highest BCUT2D eigenvalue weighted by Crippen LogP contribution is 2.56. The van der Waals surface area contributed by atoms with E-state index in [0.717, 1.165) is 12.8 Å². The highest BCUT2D eigenvalue weighted by Gasteiger charge is 2.68. The summed E-state index contributed by atoms with van der Waals surface area (Å²) in [6.07, 6.45) is 4.47. The average Bonchev–Trinajstić information content (AvgIpc) is 3.20. The van der Waals surface area contributed by atoms with Crippen LogP contribution in [0.5, 0.6) is 0 Å². The number of aromatic nitrogens is 3. The van der Waals surface area contributed by atoms with Gasteiger partial charge in [0.15, 0.2) is 10.3 Å². The van der Waals surface area contributed by atoms with Crippen molar-refractivity contribution in [1.29, 1.82) is 0 Å². The van der Waals surface area contributed by atoms with Crippen LogP contribution in [-0.2, 0) is 23.3 Å². The second-order valence-corrected chi connectivity index (χ2v) is 8.08. The fraction of sp³-hybridized carbons (Fsp3) is 0.467. The maximum atomic E-state index is 12.6. The van der Waals surface area contributed by atoms with Crippen LogP contribution in [0.15, 0.2) is 36.9 Å². The lowest BCUT2D eigenvalue weighted by Crippen LogP contribution is -2.50. The quantitative estimate of drug-likeness (QED) is 0.818. The number of nitrogens with zero attached hydrogens (tertiary/aromatic N) is 3. The van der Waals surface area contributed by atoms with Crippen LogP contribution in [0.3, 0.4) is 0 Å². The third kappa shape index (κ3) is 2.54. The Balaban J connectivity index is 2.04. The van der Waals surface area contributed by atoms with Gasteiger partial charge in [0, 0.05) is 17.9 Å². The molecule has 22 heavy (non-hydrogen) atoms. The monoisotopic (exact) mass is 339 g/mol. The number of hydrogen-bond acceptors (Lipinski definition) is 4. The molecule has 118 valence electrons. The van der Waals surface area contributed by atoms with Crippen molar-refractivity contribution < 1.29 is 9.66 Å². The molecule has 1 saturated carbocycles. The van der Waals surface area contributed by atoms with E-state index in [0.29, 0.717) is 16.3 Å². The Hall–Kier alpha value is -1.08. The zero-order valence-corrected chi connectivity index (χ0v) is 13.8.